The first-order valence-corrected chi connectivity index (χ1v) is 4.96. The second kappa shape index (κ2) is 3.43. The second-order valence-electron chi connectivity index (χ2n) is 3.00. The molecular weight excluding hydrogens is 218 g/mol. The molecule has 2 aromatic rings. The summed E-state index contributed by atoms with van der Waals surface area (Å²) in [5.41, 5.74) is -0.0779. The molecule has 15 heavy (non-hydrogen) atoms. The average molecular weight is 225 g/mol. The van der Waals surface area contributed by atoms with Crippen LogP contribution in [0.3, 0.4) is 0 Å². The van der Waals surface area contributed by atoms with Gasteiger partial charge < -0.3 is 5.11 Å². The van der Waals surface area contributed by atoms with E-state index in [-0.39, 0.29) is 12.0 Å². The fourth-order valence-corrected chi connectivity index (χ4v) is 2.03. The zero-order valence-electron chi connectivity index (χ0n) is 7.80. The van der Waals surface area contributed by atoms with E-state index >= 15 is 0 Å². The summed E-state index contributed by atoms with van der Waals surface area (Å²) in [5.74, 6) is -0.916. The number of thiazole rings is 1. The first-order valence-electron chi connectivity index (χ1n) is 4.14. The van der Waals surface area contributed by atoms with E-state index in [0.717, 1.165) is 11.3 Å². The molecule has 78 valence electrons. The minimum absolute atomic E-state index is 0.0804. The van der Waals surface area contributed by atoms with E-state index in [4.69, 9.17) is 5.11 Å². The fraction of sp³-hybridized carbons (Fsp3) is 0.250. The lowest BCUT2D eigenvalue weighted by molar-refractivity contribution is -0.136. The van der Waals surface area contributed by atoms with Crippen molar-refractivity contribution in [1.29, 1.82) is 0 Å². The van der Waals surface area contributed by atoms with E-state index in [1.54, 1.807) is 13.1 Å². The van der Waals surface area contributed by atoms with Crippen molar-refractivity contribution in [3.8, 4) is 0 Å². The summed E-state index contributed by atoms with van der Waals surface area (Å²) < 4.78 is 1.43. The number of aryl methyl sites for hydroxylation is 1. The van der Waals surface area contributed by atoms with Gasteiger partial charge in [-0.25, -0.2) is 4.52 Å². The maximum absolute atomic E-state index is 11.2. The van der Waals surface area contributed by atoms with Gasteiger partial charge in [0.2, 0.25) is 4.96 Å². The lowest BCUT2D eigenvalue weighted by Gasteiger charge is -1.90. The Morgan fingerprint density at radius 2 is 2.40 bits per heavy atom. The number of carbonyl (C=O) groups is 1. The predicted molar refractivity (Wildman–Crippen MR) is 53.2 cm³/mol. The summed E-state index contributed by atoms with van der Waals surface area (Å²) in [4.78, 5) is 26.5. The van der Waals surface area contributed by atoms with Gasteiger partial charge in [-0.3, -0.25) is 9.59 Å². The maximum atomic E-state index is 11.2. The number of nitrogens with zero attached hydrogens (tertiary/aromatic N) is 3. The van der Waals surface area contributed by atoms with E-state index in [0.29, 0.717) is 15.5 Å². The molecule has 0 saturated heterocycles. The van der Waals surface area contributed by atoms with Gasteiger partial charge in [0, 0.05) is 11.1 Å². The minimum Gasteiger partial charge on any atom is -0.481 e. The van der Waals surface area contributed by atoms with Gasteiger partial charge in [0.15, 0.2) is 0 Å². The van der Waals surface area contributed by atoms with Crippen LogP contribution in [0.15, 0.2) is 11.0 Å². The predicted octanol–water partition coefficient (Wildman–Crippen LogP) is 0.0865. The van der Waals surface area contributed by atoms with Gasteiger partial charge >= 0.3 is 5.97 Å². The number of hydrogen-bond donors (Lipinski definition) is 1. The number of rotatable bonds is 2. The molecular formula is C8H7N3O3S. The highest BCUT2D eigenvalue weighted by Crippen LogP contribution is 2.14. The Morgan fingerprint density at radius 3 is 3.07 bits per heavy atom. The fourth-order valence-electron chi connectivity index (χ4n) is 1.13. The van der Waals surface area contributed by atoms with Crippen LogP contribution in [-0.4, -0.2) is 25.7 Å². The molecule has 0 atom stereocenters. The summed E-state index contributed by atoms with van der Waals surface area (Å²) in [6.07, 6.45) is 1.50. The number of aromatic nitrogens is 3. The third-order valence-electron chi connectivity index (χ3n) is 1.77. The van der Waals surface area contributed by atoms with Crippen LogP contribution in [0.4, 0.5) is 0 Å². The van der Waals surface area contributed by atoms with E-state index in [2.05, 4.69) is 10.1 Å². The summed E-state index contributed by atoms with van der Waals surface area (Å²) in [6.45, 7) is 1.57. The normalized spacial score (nSPS) is 10.7. The smallest absolute Gasteiger partial charge is 0.308 e. The van der Waals surface area contributed by atoms with Gasteiger partial charge in [-0.2, -0.15) is 10.1 Å². The van der Waals surface area contributed by atoms with Crippen LogP contribution in [0.2, 0.25) is 0 Å². The average Bonchev–Trinajstić information content (AvgIpc) is 2.46. The Morgan fingerprint density at radius 1 is 1.67 bits per heavy atom. The first kappa shape index (κ1) is 9.78. The van der Waals surface area contributed by atoms with E-state index in [9.17, 15) is 9.59 Å². The Hall–Kier alpha value is -1.76. The topological polar surface area (TPSA) is 84.6 Å². The van der Waals surface area contributed by atoms with Crippen molar-refractivity contribution >= 4 is 22.3 Å². The van der Waals surface area contributed by atoms with Gasteiger partial charge in [-0.15, -0.1) is 0 Å². The second-order valence-corrected chi connectivity index (χ2v) is 4.09. The lowest BCUT2D eigenvalue weighted by Crippen LogP contribution is -2.14. The molecule has 0 bridgehead atoms. The van der Waals surface area contributed by atoms with Crippen LogP contribution < -0.4 is 5.56 Å². The number of hydrogen-bond acceptors (Lipinski definition) is 5. The third-order valence-corrected chi connectivity index (χ3v) is 2.75. The molecule has 0 radical (unpaired) electrons. The molecule has 0 aliphatic rings. The first-order chi connectivity index (χ1) is 7.06. The van der Waals surface area contributed by atoms with Gasteiger partial charge in [0.05, 0.1) is 6.42 Å². The zero-order chi connectivity index (χ0) is 11.0. The van der Waals surface area contributed by atoms with Crippen molar-refractivity contribution in [1.82, 2.24) is 14.6 Å². The van der Waals surface area contributed by atoms with Gasteiger partial charge in [-0.1, -0.05) is 11.3 Å². The van der Waals surface area contributed by atoms with Gasteiger partial charge in [-0.05, 0) is 6.92 Å². The molecule has 7 heteroatoms. The zero-order valence-corrected chi connectivity index (χ0v) is 8.61. The summed E-state index contributed by atoms with van der Waals surface area (Å²) in [5, 5.41) is 12.6. The molecule has 2 heterocycles. The van der Waals surface area contributed by atoms with E-state index in [1.807, 2.05) is 0 Å². The summed E-state index contributed by atoms with van der Waals surface area (Å²) in [7, 11) is 0. The quantitative estimate of drug-likeness (QED) is 0.782. The van der Waals surface area contributed by atoms with Crippen LogP contribution >= 0.6 is 11.3 Å². The number of carboxylic acids is 1. The summed E-state index contributed by atoms with van der Waals surface area (Å²) in [6, 6.07) is 0. The highest BCUT2D eigenvalue weighted by molar-refractivity contribution is 7.17. The van der Waals surface area contributed by atoms with Crippen LogP contribution in [0, 0.1) is 6.92 Å². The van der Waals surface area contributed by atoms with Crippen molar-refractivity contribution < 1.29 is 9.90 Å². The van der Waals surface area contributed by atoms with Crippen LogP contribution in [0.25, 0.3) is 4.96 Å². The molecule has 0 amide bonds. The highest BCUT2D eigenvalue weighted by Gasteiger charge is 2.08. The van der Waals surface area contributed by atoms with Crippen molar-refractivity contribution in [3.05, 3.63) is 27.1 Å². The minimum atomic E-state index is -0.916. The maximum Gasteiger partial charge on any atom is 0.308 e. The van der Waals surface area contributed by atoms with Crippen LogP contribution in [0.1, 0.15) is 10.6 Å². The van der Waals surface area contributed by atoms with Gasteiger partial charge in [0.25, 0.3) is 5.56 Å². The largest absolute Gasteiger partial charge is 0.481 e. The number of aliphatic carboxylic acids is 1. The lowest BCUT2D eigenvalue weighted by atomic mass is 10.4. The van der Waals surface area contributed by atoms with Gasteiger partial charge in [0.1, 0.15) is 5.69 Å². The van der Waals surface area contributed by atoms with Crippen molar-refractivity contribution in [2.75, 3.05) is 0 Å². The molecule has 0 spiro atoms. The molecule has 0 aliphatic heterocycles. The number of carboxylic acid groups (broad SMARTS) is 1. The van der Waals surface area contributed by atoms with Crippen LogP contribution in [0.5, 0.6) is 0 Å². The van der Waals surface area contributed by atoms with Crippen LogP contribution in [-0.2, 0) is 11.2 Å². The molecule has 0 fully saturated rings. The highest BCUT2D eigenvalue weighted by atomic mass is 32.1. The number of fused-ring (bicyclic) bond motifs is 1. The van der Waals surface area contributed by atoms with Crippen molar-refractivity contribution in [2.45, 2.75) is 13.3 Å². The molecule has 0 saturated carbocycles. The van der Waals surface area contributed by atoms with E-state index < -0.39 is 5.97 Å². The Balaban J connectivity index is 2.56. The molecule has 6 nitrogen and oxygen atoms in total. The van der Waals surface area contributed by atoms with Crippen molar-refractivity contribution in [3.63, 3.8) is 0 Å². The molecule has 0 unspecified atom stereocenters. The third kappa shape index (κ3) is 1.86. The molecule has 2 rings (SSSR count). The monoisotopic (exact) mass is 225 g/mol. The molecule has 2 aromatic heterocycles. The SMILES string of the molecule is Cc1nn2cc(CC(=O)O)sc2nc1=O. The standard InChI is InChI=1S/C8H7N3O3S/c1-4-7(14)9-8-11(10-4)3-5(15-8)2-6(12)13/h3H,2H2,1H3,(H,12,13). The molecule has 1 N–H and O–H groups in total. The summed E-state index contributed by atoms with van der Waals surface area (Å²) >= 11 is 1.16. The Bertz CT molecular complexity index is 586. The van der Waals surface area contributed by atoms with E-state index in [1.165, 1.54) is 4.52 Å². The van der Waals surface area contributed by atoms with Crippen molar-refractivity contribution in [2.24, 2.45) is 0 Å². The molecule has 0 aliphatic carbocycles. The molecule has 0 aromatic carbocycles. The Kier molecular flexibility index (Phi) is 2.24. The Labute approximate surface area is 87.8 Å².